The zero-order chi connectivity index (χ0) is 22.0. The van der Waals surface area contributed by atoms with Crippen LogP contribution in [0.25, 0.3) is 11.4 Å². The number of nitrogens with one attached hydrogen (secondary N) is 1. The van der Waals surface area contributed by atoms with Crippen LogP contribution < -0.4 is 5.32 Å². The maximum atomic E-state index is 11.2. The predicted molar refractivity (Wildman–Crippen MR) is 113 cm³/mol. The number of nitro groups is 1. The van der Waals surface area contributed by atoms with E-state index in [1.54, 1.807) is 19.3 Å². The minimum absolute atomic E-state index is 0.179. The minimum Gasteiger partial charge on any atom is -0.358 e. The number of aliphatic imine (C=N–C) groups is 1. The standard InChI is InChI=1S/C19H23N9O2/c1-11(2)27-12(3)16(23-14(27)5)9-21-13(4)22-17-7-8-20-18(24-17)15-10-26(6)25-19(15)28(29)30/h7-11H,4H2,1-3,5-6H3,(H,20,22,24). The lowest BCUT2D eigenvalue weighted by Gasteiger charge is -2.11. The van der Waals surface area contributed by atoms with Crippen molar-refractivity contribution in [1.29, 1.82) is 0 Å². The molecule has 30 heavy (non-hydrogen) atoms. The summed E-state index contributed by atoms with van der Waals surface area (Å²) in [4.78, 5) is 27.9. The van der Waals surface area contributed by atoms with E-state index in [0.717, 1.165) is 17.2 Å². The van der Waals surface area contributed by atoms with E-state index in [2.05, 4.69) is 55.4 Å². The van der Waals surface area contributed by atoms with E-state index in [1.807, 2.05) is 13.8 Å². The molecule has 3 aromatic rings. The molecule has 0 aliphatic rings. The van der Waals surface area contributed by atoms with Crippen LogP contribution in [0.15, 0.2) is 35.9 Å². The van der Waals surface area contributed by atoms with Gasteiger partial charge in [0.05, 0.1) is 24.6 Å². The summed E-state index contributed by atoms with van der Waals surface area (Å²) in [6.45, 7) is 12.0. The van der Waals surface area contributed by atoms with Gasteiger partial charge in [0.1, 0.15) is 28.7 Å². The van der Waals surface area contributed by atoms with Crippen LogP contribution in [0.5, 0.6) is 0 Å². The molecule has 0 aliphatic carbocycles. The predicted octanol–water partition coefficient (Wildman–Crippen LogP) is 3.18. The summed E-state index contributed by atoms with van der Waals surface area (Å²) in [5.74, 6) is 1.54. The Bertz CT molecular complexity index is 1140. The number of aromatic nitrogens is 6. The summed E-state index contributed by atoms with van der Waals surface area (Å²) in [6, 6.07) is 1.92. The van der Waals surface area contributed by atoms with Crippen molar-refractivity contribution in [1.82, 2.24) is 29.3 Å². The fourth-order valence-corrected chi connectivity index (χ4v) is 3.21. The molecule has 3 heterocycles. The van der Waals surface area contributed by atoms with Crippen LogP contribution in [0.3, 0.4) is 0 Å². The Morgan fingerprint density at radius 3 is 2.73 bits per heavy atom. The largest absolute Gasteiger partial charge is 0.401 e. The van der Waals surface area contributed by atoms with Crippen molar-refractivity contribution in [3.63, 3.8) is 0 Å². The molecule has 0 spiro atoms. The van der Waals surface area contributed by atoms with Gasteiger partial charge in [-0.15, -0.1) is 0 Å². The van der Waals surface area contributed by atoms with Crippen molar-refractivity contribution in [2.24, 2.45) is 12.0 Å². The Morgan fingerprint density at radius 1 is 1.37 bits per heavy atom. The second-order valence-electron chi connectivity index (χ2n) is 6.99. The summed E-state index contributed by atoms with van der Waals surface area (Å²) < 4.78 is 3.48. The average Bonchev–Trinajstić information content (AvgIpc) is 3.19. The monoisotopic (exact) mass is 409 g/mol. The van der Waals surface area contributed by atoms with E-state index in [-0.39, 0.29) is 17.2 Å². The summed E-state index contributed by atoms with van der Waals surface area (Å²) in [7, 11) is 1.60. The summed E-state index contributed by atoms with van der Waals surface area (Å²) in [5.41, 5.74) is 2.01. The molecule has 156 valence electrons. The van der Waals surface area contributed by atoms with Gasteiger partial charge in [-0.2, -0.15) is 4.68 Å². The number of imidazole rings is 1. The highest BCUT2D eigenvalue weighted by molar-refractivity contribution is 5.79. The highest BCUT2D eigenvalue weighted by Gasteiger charge is 2.23. The van der Waals surface area contributed by atoms with E-state index in [1.165, 1.54) is 17.1 Å². The molecule has 0 radical (unpaired) electrons. The topological polar surface area (TPSA) is 129 Å². The molecule has 0 aromatic carbocycles. The van der Waals surface area contributed by atoms with Gasteiger partial charge < -0.3 is 20.0 Å². The third-order valence-corrected chi connectivity index (χ3v) is 4.37. The fraction of sp³-hybridized carbons (Fsp3) is 0.316. The molecular formula is C19H23N9O2. The lowest BCUT2D eigenvalue weighted by atomic mass is 10.3. The van der Waals surface area contributed by atoms with Crippen molar-refractivity contribution in [3.05, 3.63) is 58.2 Å². The Labute approximate surface area is 173 Å². The molecule has 0 atom stereocenters. The molecule has 0 amide bonds. The quantitative estimate of drug-likeness (QED) is 0.360. The number of aryl methyl sites for hydroxylation is 2. The van der Waals surface area contributed by atoms with Crippen LogP contribution in [0.4, 0.5) is 11.6 Å². The molecule has 0 unspecified atom stereocenters. The van der Waals surface area contributed by atoms with E-state index in [0.29, 0.717) is 17.7 Å². The van der Waals surface area contributed by atoms with Gasteiger partial charge >= 0.3 is 5.82 Å². The second kappa shape index (κ2) is 8.23. The smallest absolute Gasteiger partial charge is 0.358 e. The molecule has 1 N–H and O–H groups in total. The van der Waals surface area contributed by atoms with Gasteiger partial charge in [0.2, 0.25) is 0 Å². The van der Waals surface area contributed by atoms with Crippen molar-refractivity contribution in [2.75, 3.05) is 5.32 Å². The first-order chi connectivity index (χ1) is 14.2. The first-order valence-corrected chi connectivity index (χ1v) is 9.24. The van der Waals surface area contributed by atoms with E-state index < -0.39 is 4.92 Å². The molecule has 11 nitrogen and oxygen atoms in total. The Hall–Kier alpha value is -3.89. The SMILES string of the molecule is C=C(N=Cc1nc(C)n(C(C)C)c1C)Nc1ccnc(-c2cn(C)nc2[N+](=O)[O-])n1. The summed E-state index contributed by atoms with van der Waals surface area (Å²) in [5, 5.41) is 18.0. The zero-order valence-corrected chi connectivity index (χ0v) is 17.5. The van der Waals surface area contributed by atoms with Crippen LogP contribution in [0.2, 0.25) is 0 Å². The molecule has 0 saturated heterocycles. The van der Waals surface area contributed by atoms with Gasteiger partial charge in [0.15, 0.2) is 5.82 Å². The van der Waals surface area contributed by atoms with E-state index in [9.17, 15) is 10.1 Å². The maximum Gasteiger partial charge on any atom is 0.401 e. The van der Waals surface area contributed by atoms with Crippen LogP contribution in [-0.4, -0.2) is 40.4 Å². The fourth-order valence-electron chi connectivity index (χ4n) is 3.21. The van der Waals surface area contributed by atoms with Gasteiger partial charge in [0, 0.05) is 17.9 Å². The van der Waals surface area contributed by atoms with Crippen LogP contribution in [0.1, 0.15) is 37.1 Å². The second-order valence-corrected chi connectivity index (χ2v) is 6.99. The summed E-state index contributed by atoms with van der Waals surface area (Å²) >= 11 is 0. The molecule has 0 bridgehead atoms. The third-order valence-electron chi connectivity index (χ3n) is 4.37. The highest BCUT2D eigenvalue weighted by atomic mass is 16.6. The van der Waals surface area contributed by atoms with Crippen LogP contribution in [0, 0.1) is 24.0 Å². The van der Waals surface area contributed by atoms with Gasteiger partial charge in [-0.1, -0.05) is 6.58 Å². The molecule has 11 heteroatoms. The molecule has 0 saturated carbocycles. The van der Waals surface area contributed by atoms with Crippen molar-refractivity contribution in [3.8, 4) is 11.4 Å². The lowest BCUT2D eigenvalue weighted by Crippen LogP contribution is -2.05. The number of nitrogens with zero attached hydrogens (tertiary/aromatic N) is 8. The Morgan fingerprint density at radius 2 is 2.10 bits per heavy atom. The first kappa shape index (κ1) is 20.8. The van der Waals surface area contributed by atoms with Gasteiger partial charge in [-0.25, -0.2) is 19.9 Å². The normalized spacial score (nSPS) is 11.4. The van der Waals surface area contributed by atoms with Crippen LogP contribution >= 0.6 is 0 Å². The van der Waals surface area contributed by atoms with E-state index in [4.69, 9.17) is 0 Å². The molecule has 0 aliphatic heterocycles. The number of rotatable bonds is 7. The van der Waals surface area contributed by atoms with Crippen molar-refractivity contribution < 1.29 is 4.92 Å². The number of anilines is 1. The van der Waals surface area contributed by atoms with Gasteiger partial charge in [-0.05, 0) is 38.7 Å². The summed E-state index contributed by atoms with van der Waals surface area (Å²) in [6.07, 6.45) is 4.64. The zero-order valence-electron chi connectivity index (χ0n) is 17.5. The highest BCUT2D eigenvalue weighted by Crippen LogP contribution is 2.26. The van der Waals surface area contributed by atoms with Crippen molar-refractivity contribution >= 4 is 17.9 Å². The van der Waals surface area contributed by atoms with Crippen LogP contribution in [-0.2, 0) is 7.05 Å². The van der Waals surface area contributed by atoms with Gasteiger partial charge in [-0.3, -0.25) is 0 Å². The Balaban J connectivity index is 1.79. The molecule has 0 fully saturated rings. The third kappa shape index (κ3) is 4.24. The molecule has 3 rings (SSSR count). The first-order valence-electron chi connectivity index (χ1n) is 9.24. The lowest BCUT2D eigenvalue weighted by molar-refractivity contribution is -0.389. The van der Waals surface area contributed by atoms with Crippen molar-refractivity contribution in [2.45, 2.75) is 33.7 Å². The molecule has 3 aromatic heterocycles. The van der Waals surface area contributed by atoms with E-state index >= 15 is 0 Å². The number of hydrogen-bond donors (Lipinski definition) is 1. The average molecular weight is 409 g/mol. The number of hydrogen-bond acceptors (Lipinski definition) is 8. The van der Waals surface area contributed by atoms with Gasteiger partial charge in [0.25, 0.3) is 0 Å². The maximum absolute atomic E-state index is 11.2. The Kier molecular flexibility index (Phi) is 5.72. The molecular weight excluding hydrogens is 386 g/mol. The minimum atomic E-state index is -0.567.